The number of rotatable bonds is 23. The number of nitrogens with zero attached hydrogens (tertiary/aromatic N) is 2. The van der Waals surface area contributed by atoms with Gasteiger partial charge >= 0.3 is 0 Å². The van der Waals surface area contributed by atoms with Gasteiger partial charge in [-0.1, -0.05) is 97.3 Å². The van der Waals surface area contributed by atoms with E-state index in [1.807, 2.05) is 0 Å². The summed E-state index contributed by atoms with van der Waals surface area (Å²) in [5, 5.41) is 0. The fraction of sp³-hybridized carbons (Fsp3) is 1.00. The first-order valence-electron chi connectivity index (χ1n) is 14.0. The van der Waals surface area contributed by atoms with Crippen LogP contribution in [0, 0.1) is 0 Å². The second-order valence-corrected chi connectivity index (χ2v) is 11.4. The van der Waals surface area contributed by atoms with Crippen molar-refractivity contribution >= 4 is 0 Å². The Bertz CT molecular complexity index is 349. The third-order valence-corrected chi connectivity index (χ3v) is 7.01. The van der Waals surface area contributed by atoms with Crippen LogP contribution in [0.15, 0.2) is 0 Å². The molecule has 0 radical (unpaired) electrons. The van der Waals surface area contributed by atoms with Gasteiger partial charge in [0, 0.05) is 12.8 Å². The van der Waals surface area contributed by atoms with Gasteiger partial charge in [-0.25, -0.2) is 0 Å². The summed E-state index contributed by atoms with van der Waals surface area (Å²) in [4.78, 5) is 0. The van der Waals surface area contributed by atoms with E-state index in [0.717, 1.165) is 0 Å². The Hall–Kier alpha value is -0.0800. The van der Waals surface area contributed by atoms with E-state index >= 15 is 0 Å². The van der Waals surface area contributed by atoms with Crippen molar-refractivity contribution in [3.05, 3.63) is 0 Å². The van der Waals surface area contributed by atoms with Crippen LogP contribution in [0.2, 0.25) is 0 Å². The van der Waals surface area contributed by atoms with Crippen molar-refractivity contribution < 1.29 is 8.97 Å². The summed E-state index contributed by atoms with van der Waals surface area (Å²) in [6, 6.07) is 0. The van der Waals surface area contributed by atoms with E-state index in [-0.39, 0.29) is 0 Å². The molecule has 0 aliphatic carbocycles. The molecule has 0 aliphatic rings. The Morgan fingerprint density at radius 1 is 0.300 bits per heavy atom. The van der Waals surface area contributed by atoms with E-state index in [0.29, 0.717) is 0 Å². The van der Waals surface area contributed by atoms with Crippen molar-refractivity contribution in [3.63, 3.8) is 0 Å². The molecule has 0 atom stereocenters. The fourth-order valence-electron chi connectivity index (χ4n) is 4.62. The summed E-state index contributed by atoms with van der Waals surface area (Å²) in [6.07, 6.45) is 25.9. The molecule has 2 heteroatoms. The number of unbranched alkanes of at least 4 members (excludes halogenated alkanes) is 15. The maximum absolute atomic E-state index is 2.44. The normalized spacial score (nSPS) is 12.6. The van der Waals surface area contributed by atoms with Gasteiger partial charge in [-0.15, -0.1) is 0 Å². The van der Waals surface area contributed by atoms with Crippen LogP contribution in [-0.2, 0) is 0 Å². The zero-order chi connectivity index (χ0) is 22.6. The molecule has 0 aromatic carbocycles. The van der Waals surface area contributed by atoms with E-state index in [1.54, 1.807) is 0 Å². The van der Waals surface area contributed by atoms with Gasteiger partial charge in [-0.3, -0.25) is 0 Å². The van der Waals surface area contributed by atoms with Crippen LogP contribution in [0.4, 0.5) is 0 Å². The van der Waals surface area contributed by atoms with Gasteiger partial charge in [0.1, 0.15) is 0 Å². The maximum atomic E-state index is 2.44. The van der Waals surface area contributed by atoms with E-state index in [1.165, 1.54) is 151 Å². The molecule has 0 saturated heterocycles. The first-order valence-corrected chi connectivity index (χ1v) is 14.0. The van der Waals surface area contributed by atoms with Crippen molar-refractivity contribution in [3.8, 4) is 0 Å². The Kier molecular flexibility index (Phi) is 19.5. The first-order chi connectivity index (χ1) is 14.3. The molecule has 182 valence electrons. The van der Waals surface area contributed by atoms with Gasteiger partial charge in [0.05, 0.1) is 54.4 Å². The number of quaternary nitrogens is 2. The zero-order valence-corrected chi connectivity index (χ0v) is 22.5. The molecule has 0 aromatic heterocycles. The van der Waals surface area contributed by atoms with Crippen LogP contribution in [0.1, 0.15) is 129 Å². The monoisotopic (exact) mass is 426 g/mol. The highest BCUT2D eigenvalue weighted by atomic mass is 15.3. The molecule has 0 amide bonds. The van der Waals surface area contributed by atoms with Gasteiger partial charge in [-0.05, 0) is 19.3 Å². The van der Waals surface area contributed by atoms with E-state index < -0.39 is 0 Å². The molecular formula is C28H62N2+2. The van der Waals surface area contributed by atoms with E-state index in [4.69, 9.17) is 0 Å². The van der Waals surface area contributed by atoms with Gasteiger partial charge in [0.2, 0.25) is 0 Å². The largest absolute Gasteiger partial charge is 0.328 e. The van der Waals surface area contributed by atoms with Crippen LogP contribution in [0.5, 0.6) is 0 Å². The lowest BCUT2D eigenvalue weighted by molar-refractivity contribution is -0.897. The van der Waals surface area contributed by atoms with Crippen molar-refractivity contribution in [2.75, 3.05) is 54.4 Å². The van der Waals surface area contributed by atoms with Crippen LogP contribution in [-0.4, -0.2) is 63.3 Å². The Labute approximate surface area is 193 Å². The van der Waals surface area contributed by atoms with Crippen molar-refractivity contribution in [1.82, 2.24) is 0 Å². The summed E-state index contributed by atoms with van der Waals surface area (Å²) in [5.41, 5.74) is 0. The molecule has 0 N–H and O–H groups in total. The van der Waals surface area contributed by atoms with Crippen molar-refractivity contribution in [2.45, 2.75) is 129 Å². The smallest absolute Gasteiger partial charge is 0.0784 e. The van der Waals surface area contributed by atoms with Crippen LogP contribution >= 0.6 is 0 Å². The summed E-state index contributed by atoms with van der Waals surface area (Å²) >= 11 is 0. The highest BCUT2D eigenvalue weighted by molar-refractivity contribution is 4.50. The van der Waals surface area contributed by atoms with Crippen molar-refractivity contribution in [2.24, 2.45) is 0 Å². The lowest BCUT2D eigenvalue weighted by Gasteiger charge is -2.32. The molecule has 2 nitrogen and oxygen atoms in total. The molecule has 0 rings (SSSR count). The third-order valence-electron chi connectivity index (χ3n) is 7.01. The van der Waals surface area contributed by atoms with Gasteiger partial charge in [-0.2, -0.15) is 0 Å². The molecule has 0 bridgehead atoms. The lowest BCUT2D eigenvalue weighted by Crippen LogP contribution is -2.43. The van der Waals surface area contributed by atoms with Crippen LogP contribution in [0.25, 0.3) is 0 Å². The first kappa shape index (κ1) is 29.9. The predicted molar refractivity (Wildman–Crippen MR) is 138 cm³/mol. The van der Waals surface area contributed by atoms with E-state index in [9.17, 15) is 0 Å². The molecule has 0 aromatic rings. The quantitative estimate of drug-likeness (QED) is 0.114. The molecular weight excluding hydrogens is 364 g/mol. The van der Waals surface area contributed by atoms with E-state index in [2.05, 4.69) is 42.0 Å². The summed E-state index contributed by atoms with van der Waals surface area (Å²) in [7, 11) is 9.70. The SMILES string of the molecule is CCCCCCCCCCCCCCCC[N+](C)(C)CCCC[N+](C)(C)CCCC. The summed E-state index contributed by atoms with van der Waals surface area (Å²) < 4.78 is 2.43. The average molecular weight is 427 g/mol. The Balaban J connectivity index is 3.45. The number of hydrogen-bond donors (Lipinski definition) is 0. The molecule has 0 heterocycles. The minimum atomic E-state index is 1.21. The highest BCUT2D eigenvalue weighted by Crippen LogP contribution is 2.14. The van der Waals surface area contributed by atoms with Gasteiger partial charge < -0.3 is 8.97 Å². The number of hydrogen-bond acceptors (Lipinski definition) is 0. The summed E-state index contributed by atoms with van der Waals surface area (Å²) in [5.74, 6) is 0. The minimum absolute atomic E-state index is 1.21. The molecule has 0 spiro atoms. The topological polar surface area (TPSA) is 0 Å². The van der Waals surface area contributed by atoms with Crippen molar-refractivity contribution in [1.29, 1.82) is 0 Å². The standard InChI is InChI=1S/C28H62N2/c1-7-9-11-12-13-14-15-16-17-18-19-20-21-22-26-30(5,6)28-24-23-27-29(3,4)25-10-8-2/h7-28H2,1-6H3/q+2. The zero-order valence-electron chi connectivity index (χ0n) is 22.5. The van der Waals surface area contributed by atoms with Crippen LogP contribution in [0.3, 0.4) is 0 Å². The molecule has 30 heavy (non-hydrogen) atoms. The lowest BCUT2D eigenvalue weighted by atomic mass is 10.0. The second kappa shape index (κ2) is 19.6. The molecule has 0 aliphatic heterocycles. The van der Waals surface area contributed by atoms with Crippen LogP contribution < -0.4 is 0 Å². The minimum Gasteiger partial charge on any atom is -0.328 e. The Morgan fingerprint density at radius 2 is 0.533 bits per heavy atom. The second-order valence-electron chi connectivity index (χ2n) is 11.4. The molecule has 0 unspecified atom stereocenters. The molecule has 0 fully saturated rings. The van der Waals surface area contributed by atoms with Gasteiger partial charge in [0.15, 0.2) is 0 Å². The highest BCUT2D eigenvalue weighted by Gasteiger charge is 2.17. The Morgan fingerprint density at radius 3 is 0.867 bits per heavy atom. The average Bonchev–Trinajstić information content (AvgIpc) is 2.70. The fourth-order valence-corrected chi connectivity index (χ4v) is 4.62. The maximum Gasteiger partial charge on any atom is 0.0784 e. The molecule has 0 saturated carbocycles. The third kappa shape index (κ3) is 21.2. The van der Waals surface area contributed by atoms with Gasteiger partial charge in [0.25, 0.3) is 0 Å². The summed E-state index contributed by atoms with van der Waals surface area (Å²) in [6.45, 7) is 10.0. The predicted octanol–water partition coefficient (Wildman–Crippen LogP) is 8.20.